The van der Waals surface area contributed by atoms with Crippen LogP contribution in [-0.2, 0) is 9.47 Å². The van der Waals surface area contributed by atoms with E-state index in [0.29, 0.717) is 6.54 Å². The van der Waals surface area contributed by atoms with Crippen LogP contribution in [-0.4, -0.2) is 69.7 Å². The summed E-state index contributed by atoms with van der Waals surface area (Å²) >= 11 is 0. The van der Waals surface area contributed by atoms with E-state index in [9.17, 15) is 0 Å². The van der Waals surface area contributed by atoms with Crippen LogP contribution < -0.4 is 5.73 Å². The van der Waals surface area contributed by atoms with Gasteiger partial charge in [0.2, 0.25) is 0 Å². The summed E-state index contributed by atoms with van der Waals surface area (Å²) in [5.74, 6) is 0. The predicted octanol–water partition coefficient (Wildman–Crippen LogP) is -1.10. The van der Waals surface area contributed by atoms with Gasteiger partial charge in [0.25, 0.3) is 0 Å². The molecule has 0 amide bonds. The number of aliphatic hydroxyl groups excluding tert-OH is 1. The van der Waals surface area contributed by atoms with Crippen LogP contribution in [0.4, 0.5) is 0 Å². The average molecular weight is 206 g/mol. The van der Waals surface area contributed by atoms with Crippen molar-refractivity contribution in [1.82, 2.24) is 4.90 Å². The van der Waals surface area contributed by atoms with Gasteiger partial charge in [-0.2, -0.15) is 0 Å². The molecule has 1 saturated heterocycles. The second-order valence-electron chi connectivity index (χ2n) is 2.96. The minimum atomic E-state index is 0.0972. The molecule has 3 N–H and O–H groups in total. The van der Waals surface area contributed by atoms with E-state index in [2.05, 4.69) is 4.90 Å². The van der Waals surface area contributed by atoms with Crippen LogP contribution >= 0.6 is 0 Å². The zero-order valence-electron chi connectivity index (χ0n) is 8.95. The molecule has 0 saturated carbocycles. The molecule has 0 aliphatic carbocycles. The van der Waals surface area contributed by atoms with Crippen molar-refractivity contribution < 1.29 is 14.6 Å². The van der Waals surface area contributed by atoms with Crippen molar-refractivity contribution in [1.29, 1.82) is 0 Å². The van der Waals surface area contributed by atoms with E-state index in [0.717, 1.165) is 39.5 Å². The topological polar surface area (TPSA) is 68.0 Å². The third kappa shape index (κ3) is 8.40. The lowest BCUT2D eigenvalue weighted by Gasteiger charge is -2.25. The van der Waals surface area contributed by atoms with Gasteiger partial charge < -0.3 is 20.3 Å². The molecule has 1 rings (SSSR count). The first-order valence-corrected chi connectivity index (χ1v) is 4.95. The standard InChI is InChI=1S/C7H15NO2.C2H7NO/c1-9-5-2-8-3-6-10-7-4-8;3-1-2-4/h2-7H2,1H3;4H,1-3H2. The number of nitrogens with two attached hydrogens (primary N) is 1. The highest BCUT2D eigenvalue weighted by Gasteiger charge is 2.08. The van der Waals surface area contributed by atoms with Gasteiger partial charge in [-0.25, -0.2) is 0 Å². The fourth-order valence-electron chi connectivity index (χ4n) is 1.05. The Bertz CT molecular complexity index is 106. The van der Waals surface area contributed by atoms with E-state index in [-0.39, 0.29) is 6.61 Å². The fraction of sp³-hybridized carbons (Fsp3) is 1.00. The van der Waals surface area contributed by atoms with Crippen LogP contribution in [0.15, 0.2) is 0 Å². The summed E-state index contributed by atoms with van der Waals surface area (Å²) in [6, 6.07) is 0. The first-order valence-electron chi connectivity index (χ1n) is 4.95. The van der Waals surface area contributed by atoms with Crippen molar-refractivity contribution in [2.24, 2.45) is 5.73 Å². The molecule has 86 valence electrons. The Labute approximate surface area is 85.8 Å². The third-order valence-electron chi connectivity index (χ3n) is 1.84. The van der Waals surface area contributed by atoms with Gasteiger partial charge in [0.05, 0.1) is 26.4 Å². The minimum Gasteiger partial charge on any atom is -0.395 e. The number of methoxy groups -OCH3 is 1. The van der Waals surface area contributed by atoms with E-state index in [1.165, 1.54) is 0 Å². The van der Waals surface area contributed by atoms with Gasteiger partial charge in [-0.15, -0.1) is 0 Å². The molecule has 14 heavy (non-hydrogen) atoms. The number of hydrogen-bond acceptors (Lipinski definition) is 5. The van der Waals surface area contributed by atoms with Gasteiger partial charge in [0.1, 0.15) is 0 Å². The lowest BCUT2D eigenvalue weighted by atomic mass is 10.4. The summed E-state index contributed by atoms with van der Waals surface area (Å²) in [4.78, 5) is 2.35. The Balaban J connectivity index is 0.000000364. The fourth-order valence-corrected chi connectivity index (χ4v) is 1.05. The lowest BCUT2D eigenvalue weighted by molar-refractivity contribution is 0.0263. The summed E-state index contributed by atoms with van der Waals surface area (Å²) in [6.07, 6.45) is 0. The molecule has 0 aromatic rings. The summed E-state index contributed by atoms with van der Waals surface area (Å²) in [7, 11) is 1.74. The summed E-state index contributed by atoms with van der Waals surface area (Å²) in [5.41, 5.74) is 4.78. The SMILES string of the molecule is COCCN1CCOCC1.NCCO. The maximum Gasteiger partial charge on any atom is 0.0594 e. The molecule has 1 heterocycles. The molecule has 0 aromatic heterocycles. The molecule has 0 aromatic carbocycles. The van der Waals surface area contributed by atoms with Crippen molar-refractivity contribution in [2.45, 2.75) is 0 Å². The average Bonchev–Trinajstić information content (AvgIpc) is 2.28. The van der Waals surface area contributed by atoms with E-state index in [4.69, 9.17) is 20.3 Å². The van der Waals surface area contributed by atoms with Crippen LogP contribution in [0.3, 0.4) is 0 Å². The molecular formula is C9H22N2O3. The third-order valence-corrected chi connectivity index (χ3v) is 1.84. The van der Waals surface area contributed by atoms with Gasteiger partial charge in [-0.05, 0) is 0 Å². The number of morpholine rings is 1. The highest BCUT2D eigenvalue weighted by Crippen LogP contribution is 1.94. The van der Waals surface area contributed by atoms with Gasteiger partial charge in [-0.3, -0.25) is 4.90 Å². The summed E-state index contributed by atoms with van der Waals surface area (Å²) < 4.78 is 10.2. The van der Waals surface area contributed by atoms with Gasteiger partial charge in [-0.1, -0.05) is 0 Å². The zero-order chi connectivity index (χ0) is 10.6. The van der Waals surface area contributed by atoms with Gasteiger partial charge in [0, 0.05) is 33.3 Å². The Morgan fingerprint density at radius 2 is 2.00 bits per heavy atom. The molecule has 1 aliphatic rings. The van der Waals surface area contributed by atoms with Gasteiger partial charge in [0.15, 0.2) is 0 Å². The maximum atomic E-state index is 7.75. The van der Waals surface area contributed by atoms with Crippen LogP contribution in [0.25, 0.3) is 0 Å². The van der Waals surface area contributed by atoms with E-state index >= 15 is 0 Å². The largest absolute Gasteiger partial charge is 0.395 e. The first kappa shape index (κ1) is 13.8. The molecule has 1 aliphatic heterocycles. The van der Waals surface area contributed by atoms with E-state index < -0.39 is 0 Å². The Hall–Kier alpha value is -0.200. The molecule has 0 unspecified atom stereocenters. The quantitative estimate of drug-likeness (QED) is 0.611. The minimum absolute atomic E-state index is 0.0972. The van der Waals surface area contributed by atoms with Crippen LogP contribution in [0.2, 0.25) is 0 Å². The summed E-state index contributed by atoms with van der Waals surface area (Å²) in [5, 5.41) is 7.75. The maximum absolute atomic E-state index is 7.75. The molecule has 0 spiro atoms. The monoisotopic (exact) mass is 206 g/mol. The van der Waals surface area contributed by atoms with E-state index in [1.54, 1.807) is 7.11 Å². The van der Waals surface area contributed by atoms with Crippen LogP contribution in [0.1, 0.15) is 0 Å². The molecule has 1 fully saturated rings. The predicted molar refractivity (Wildman–Crippen MR) is 55.3 cm³/mol. The van der Waals surface area contributed by atoms with Crippen molar-refractivity contribution in [3.05, 3.63) is 0 Å². The molecular weight excluding hydrogens is 184 g/mol. The normalized spacial score (nSPS) is 17.4. The first-order chi connectivity index (χ1) is 6.85. The zero-order valence-corrected chi connectivity index (χ0v) is 8.95. The molecule has 0 bridgehead atoms. The van der Waals surface area contributed by atoms with Crippen molar-refractivity contribution >= 4 is 0 Å². The molecule has 0 radical (unpaired) electrons. The lowest BCUT2D eigenvalue weighted by Crippen LogP contribution is -2.38. The second-order valence-corrected chi connectivity index (χ2v) is 2.96. The van der Waals surface area contributed by atoms with Crippen LogP contribution in [0.5, 0.6) is 0 Å². The smallest absolute Gasteiger partial charge is 0.0594 e. The number of aliphatic hydroxyl groups is 1. The molecule has 0 atom stereocenters. The number of hydrogen-bond donors (Lipinski definition) is 2. The second kappa shape index (κ2) is 10.9. The van der Waals surface area contributed by atoms with Crippen molar-refractivity contribution in [3.63, 3.8) is 0 Å². The number of rotatable bonds is 4. The highest BCUT2D eigenvalue weighted by atomic mass is 16.5. The number of nitrogens with zero attached hydrogens (tertiary/aromatic N) is 1. The van der Waals surface area contributed by atoms with Crippen molar-refractivity contribution in [3.8, 4) is 0 Å². The Morgan fingerprint density at radius 1 is 1.43 bits per heavy atom. The van der Waals surface area contributed by atoms with Crippen molar-refractivity contribution in [2.75, 3.05) is 59.7 Å². The number of ether oxygens (including phenoxy) is 2. The van der Waals surface area contributed by atoms with Crippen LogP contribution in [0, 0.1) is 0 Å². The molecule has 5 heteroatoms. The summed E-state index contributed by atoms with van der Waals surface area (Å²) in [6.45, 7) is 6.22. The Morgan fingerprint density at radius 3 is 2.43 bits per heavy atom. The Kier molecular flexibility index (Phi) is 10.7. The van der Waals surface area contributed by atoms with E-state index in [1.807, 2.05) is 0 Å². The van der Waals surface area contributed by atoms with Gasteiger partial charge >= 0.3 is 0 Å². The highest BCUT2D eigenvalue weighted by molar-refractivity contribution is 4.60. The molecule has 5 nitrogen and oxygen atoms in total.